The highest BCUT2D eigenvalue weighted by atomic mass is 35.5. The summed E-state index contributed by atoms with van der Waals surface area (Å²) in [5, 5.41) is 3.77. The molecule has 0 unspecified atom stereocenters. The fourth-order valence-electron chi connectivity index (χ4n) is 2.48. The molecule has 0 bridgehead atoms. The Balaban J connectivity index is 1.88. The average Bonchev–Trinajstić information content (AvgIpc) is 2.99. The topological polar surface area (TPSA) is 55.4 Å². The second-order valence-corrected chi connectivity index (χ2v) is 6.35. The molecule has 0 aliphatic heterocycles. The molecule has 1 aromatic carbocycles. The highest BCUT2D eigenvalue weighted by molar-refractivity contribution is 6.37. The van der Waals surface area contributed by atoms with E-state index in [1.165, 1.54) is 12.2 Å². The molecular weight excluding hydrogens is 337 g/mol. The lowest BCUT2D eigenvalue weighted by atomic mass is 10.2. The molecule has 1 aliphatic rings. The SMILES string of the molecule is C[C@H](OC(=O)/C=C/c1c(Cl)cccc1Cl)C(=O)NC1CCCC1. The van der Waals surface area contributed by atoms with Gasteiger partial charge in [0.1, 0.15) is 0 Å². The first-order valence-corrected chi connectivity index (χ1v) is 8.36. The molecule has 1 fully saturated rings. The highest BCUT2D eigenvalue weighted by Gasteiger charge is 2.22. The van der Waals surface area contributed by atoms with Crippen LogP contribution in [0.15, 0.2) is 24.3 Å². The minimum Gasteiger partial charge on any atom is -0.449 e. The normalized spacial score (nSPS) is 16.5. The van der Waals surface area contributed by atoms with Crippen LogP contribution in [0.5, 0.6) is 0 Å². The van der Waals surface area contributed by atoms with E-state index in [2.05, 4.69) is 5.32 Å². The summed E-state index contributed by atoms with van der Waals surface area (Å²) in [7, 11) is 0. The number of nitrogens with one attached hydrogen (secondary N) is 1. The lowest BCUT2D eigenvalue weighted by molar-refractivity contribution is -0.150. The Morgan fingerprint density at radius 1 is 1.26 bits per heavy atom. The fourth-order valence-corrected chi connectivity index (χ4v) is 3.00. The lowest BCUT2D eigenvalue weighted by Crippen LogP contribution is -2.40. The molecule has 0 aromatic heterocycles. The largest absolute Gasteiger partial charge is 0.449 e. The van der Waals surface area contributed by atoms with Crippen molar-refractivity contribution in [3.63, 3.8) is 0 Å². The minimum atomic E-state index is -0.838. The van der Waals surface area contributed by atoms with Gasteiger partial charge < -0.3 is 10.1 Å². The Morgan fingerprint density at radius 2 is 1.87 bits per heavy atom. The summed E-state index contributed by atoms with van der Waals surface area (Å²) in [4.78, 5) is 23.8. The number of rotatable bonds is 5. The van der Waals surface area contributed by atoms with Gasteiger partial charge in [-0.15, -0.1) is 0 Å². The first-order chi connectivity index (χ1) is 11.0. The number of hydrogen-bond donors (Lipinski definition) is 1. The number of benzene rings is 1. The zero-order valence-corrected chi connectivity index (χ0v) is 14.4. The molecule has 4 nitrogen and oxygen atoms in total. The predicted molar refractivity (Wildman–Crippen MR) is 91.4 cm³/mol. The van der Waals surface area contributed by atoms with Gasteiger partial charge in [-0.1, -0.05) is 42.1 Å². The van der Waals surface area contributed by atoms with Crippen LogP contribution in [0, 0.1) is 0 Å². The third-order valence-corrected chi connectivity index (χ3v) is 4.41. The molecule has 1 atom stereocenters. The summed E-state index contributed by atoms with van der Waals surface area (Å²) in [6, 6.07) is 5.27. The van der Waals surface area contributed by atoms with Crippen molar-refractivity contribution in [1.82, 2.24) is 5.32 Å². The van der Waals surface area contributed by atoms with Crippen LogP contribution >= 0.6 is 23.2 Å². The fraction of sp³-hybridized carbons (Fsp3) is 0.412. The van der Waals surface area contributed by atoms with Crippen LogP contribution in [-0.4, -0.2) is 24.0 Å². The second-order valence-electron chi connectivity index (χ2n) is 5.54. The molecule has 1 saturated carbocycles. The molecular formula is C17H19Cl2NO3. The number of carbonyl (C=O) groups is 2. The summed E-state index contributed by atoms with van der Waals surface area (Å²) in [6.45, 7) is 1.55. The van der Waals surface area contributed by atoms with E-state index in [9.17, 15) is 9.59 Å². The van der Waals surface area contributed by atoms with Crippen LogP contribution in [0.4, 0.5) is 0 Å². The zero-order chi connectivity index (χ0) is 16.8. The molecule has 1 amide bonds. The number of carbonyl (C=O) groups excluding carboxylic acids is 2. The van der Waals surface area contributed by atoms with E-state index in [0.717, 1.165) is 25.7 Å². The molecule has 1 aromatic rings. The van der Waals surface area contributed by atoms with Gasteiger partial charge >= 0.3 is 5.97 Å². The van der Waals surface area contributed by atoms with Gasteiger partial charge in [-0.3, -0.25) is 4.79 Å². The Labute approximate surface area is 145 Å². The van der Waals surface area contributed by atoms with Crippen LogP contribution in [0.2, 0.25) is 10.0 Å². The minimum absolute atomic E-state index is 0.195. The predicted octanol–water partition coefficient (Wildman–Crippen LogP) is 4.00. The molecule has 124 valence electrons. The average molecular weight is 356 g/mol. The lowest BCUT2D eigenvalue weighted by Gasteiger charge is -2.16. The van der Waals surface area contributed by atoms with E-state index in [1.807, 2.05) is 0 Å². The van der Waals surface area contributed by atoms with Crippen molar-refractivity contribution >= 4 is 41.2 Å². The standard InChI is InChI=1S/C17H19Cl2NO3/c1-11(17(22)20-12-5-2-3-6-12)23-16(21)10-9-13-14(18)7-4-8-15(13)19/h4,7-12H,2-3,5-6H2,1H3,(H,20,22)/b10-9+/t11-/m0/s1. The van der Waals surface area contributed by atoms with Gasteiger partial charge in [-0.25, -0.2) is 4.79 Å². The van der Waals surface area contributed by atoms with Crippen molar-refractivity contribution in [2.45, 2.75) is 44.8 Å². The summed E-state index contributed by atoms with van der Waals surface area (Å²) in [6.07, 6.45) is 6.07. The van der Waals surface area contributed by atoms with Crippen molar-refractivity contribution in [2.24, 2.45) is 0 Å². The highest BCUT2D eigenvalue weighted by Crippen LogP contribution is 2.25. The number of amides is 1. The van der Waals surface area contributed by atoms with Crippen molar-refractivity contribution in [3.8, 4) is 0 Å². The maximum Gasteiger partial charge on any atom is 0.331 e. The van der Waals surface area contributed by atoms with E-state index < -0.39 is 12.1 Å². The third-order valence-electron chi connectivity index (χ3n) is 3.75. The Morgan fingerprint density at radius 3 is 2.48 bits per heavy atom. The Kier molecular flexibility index (Phi) is 6.48. The molecule has 1 aliphatic carbocycles. The smallest absolute Gasteiger partial charge is 0.331 e. The van der Waals surface area contributed by atoms with Gasteiger partial charge in [0.25, 0.3) is 5.91 Å². The van der Waals surface area contributed by atoms with Gasteiger partial charge in [-0.2, -0.15) is 0 Å². The summed E-state index contributed by atoms with van der Waals surface area (Å²) in [5.74, 6) is -0.885. The van der Waals surface area contributed by atoms with Crippen LogP contribution in [0.1, 0.15) is 38.2 Å². The zero-order valence-electron chi connectivity index (χ0n) is 12.9. The van der Waals surface area contributed by atoms with E-state index in [-0.39, 0.29) is 11.9 Å². The van der Waals surface area contributed by atoms with Crippen molar-refractivity contribution in [3.05, 3.63) is 39.9 Å². The molecule has 1 N–H and O–H groups in total. The molecule has 0 radical (unpaired) electrons. The summed E-state index contributed by atoms with van der Waals surface area (Å²) >= 11 is 12.0. The quantitative estimate of drug-likeness (QED) is 0.641. The van der Waals surface area contributed by atoms with Crippen molar-refractivity contribution < 1.29 is 14.3 Å². The monoisotopic (exact) mass is 355 g/mol. The molecule has 0 spiro atoms. The second kappa shape index (κ2) is 8.37. The molecule has 6 heteroatoms. The Hall–Kier alpha value is -1.52. The summed E-state index contributed by atoms with van der Waals surface area (Å²) < 4.78 is 5.10. The van der Waals surface area contributed by atoms with E-state index in [4.69, 9.17) is 27.9 Å². The van der Waals surface area contributed by atoms with Crippen LogP contribution in [0.3, 0.4) is 0 Å². The van der Waals surface area contributed by atoms with E-state index in [0.29, 0.717) is 15.6 Å². The molecule has 2 rings (SSSR count). The van der Waals surface area contributed by atoms with Gasteiger partial charge in [0.05, 0.1) is 0 Å². The number of ether oxygens (including phenoxy) is 1. The number of esters is 1. The van der Waals surface area contributed by atoms with E-state index in [1.54, 1.807) is 25.1 Å². The Bertz CT molecular complexity index is 590. The molecule has 0 saturated heterocycles. The van der Waals surface area contributed by atoms with Crippen molar-refractivity contribution in [1.29, 1.82) is 0 Å². The molecule has 23 heavy (non-hydrogen) atoms. The van der Waals surface area contributed by atoms with Crippen LogP contribution in [0.25, 0.3) is 6.08 Å². The first-order valence-electron chi connectivity index (χ1n) is 7.60. The maximum atomic E-state index is 12.0. The van der Waals surface area contributed by atoms with Gasteiger partial charge in [0.15, 0.2) is 6.10 Å². The van der Waals surface area contributed by atoms with Gasteiger partial charge in [0, 0.05) is 27.7 Å². The van der Waals surface area contributed by atoms with Crippen molar-refractivity contribution in [2.75, 3.05) is 0 Å². The third kappa shape index (κ3) is 5.26. The maximum absolute atomic E-state index is 12.0. The summed E-state index contributed by atoms with van der Waals surface area (Å²) in [5.41, 5.74) is 0.538. The van der Waals surface area contributed by atoms with Gasteiger partial charge in [0.2, 0.25) is 0 Å². The van der Waals surface area contributed by atoms with E-state index >= 15 is 0 Å². The van der Waals surface area contributed by atoms with Crippen LogP contribution in [-0.2, 0) is 14.3 Å². The van der Waals surface area contributed by atoms with Crippen LogP contribution < -0.4 is 5.32 Å². The molecule has 0 heterocycles. The number of halogens is 2. The van der Waals surface area contributed by atoms with Gasteiger partial charge in [-0.05, 0) is 38.0 Å². The first kappa shape index (κ1) is 17.8. The number of hydrogen-bond acceptors (Lipinski definition) is 3.